The van der Waals surface area contributed by atoms with E-state index in [4.69, 9.17) is 22.1 Å². The summed E-state index contributed by atoms with van der Waals surface area (Å²) in [5.74, 6) is 0.724. The monoisotopic (exact) mass is 256 g/mol. The van der Waals surface area contributed by atoms with Crippen molar-refractivity contribution in [1.82, 2.24) is 5.32 Å². The van der Waals surface area contributed by atoms with E-state index in [1.807, 2.05) is 13.8 Å². The number of carbonyl (C=O) groups is 1. The number of amides is 1. The second-order valence-corrected chi connectivity index (χ2v) is 4.61. The Bertz CT molecular complexity index is 394. The highest BCUT2D eigenvalue weighted by molar-refractivity contribution is 6.30. The van der Waals surface area contributed by atoms with Gasteiger partial charge in [0.15, 0.2) is 6.61 Å². The van der Waals surface area contributed by atoms with Gasteiger partial charge in [-0.3, -0.25) is 4.79 Å². The van der Waals surface area contributed by atoms with Crippen LogP contribution in [0.4, 0.5) is 5.69 Å². The fourth-order valence-corrected chi connectivity index (χ4v) is 1.34. The minimum Gasteiger partial charge on any atom is -0.482 e. The Hall–Kier alpha value is -1.42. The van der Waals surface area contributed by atoms with Crippen molar-refractivity contribution in [3.8, 4) is 5.75 Å². The summed E-state index contributed by atoms with van der Waals surface area (Å²) in [6.45, 7) is 4.65. The number of hydrogen-bond acceptors (Lipinski definition) is 3. The van der Waals surface area contributed by atoms with Crippen molar-refractivity contribution in [2.45, 2.75) is 13.8 Å². The van der Waals surface area contributed by atoms with E-state index in [1.54, 1.807) is 18.2 Å². The Kier molecular flexibility index (Phi) is 5.10. The maximum atomic E-state index is 11.4. The van der Waals surface area contributed by atoms with Crippen LogP contribution in [-0.2, 0) is 4.79 Å². The van der Waals surface area contributed by atoms with Crippen LogP contribution in [0.1, 0.15) is 13.8 Å². The van der Waals surface area contributed by atoms with Gasteiger partial charge in [-0.25, -0.2) is 0 Å². The SMILES string of the molecule is CC(C)CNC(=O)COc1ccc(Cl)cc1N. The van der Waals surface area contributed by atoms with Gasteiger partial charge in [0.25, 0.3) is 5.91 Å². The molecule has 1 rings (SSSR count). The number of anilines is 1. The molecule has 0 spiro atoms. The molecule has 1 amide bonds. The topological polar surface area (TPSA) is 64.3 Å². The van der Waals surface area contributed by atoms with Crippen LogP contribution in [0.5, 0.6) is 5.75 Å². The zero-order chi connectivity index (χ0) is 12.8. The lowest BCUT2D eigenvalue weighted by molar-refractivity contribution is -0.123. The van der Waals surface area contributed by atoms with Gasteiger partial charge in [-0.1, -0.05) is 25.4 Å². The smallest absolute Gasteiger partial charge is 0.257 e. The number of carbonyl (C=O) groups excluding carboxylic acids is 1. The molecule has 1 aromatic carbocycles. The number of nitrogen functional groups attached to an aromatic ring is 1. The maximum Gasteiger partial charge on any atom is 0.257 e. The fourth-order valence-electron chi connectivity index (χ4n) is 1.16. The normalized spacial score (nSPS) is 10.4. The van der Waals surface area contributed by atoms with Gasteiger partial charge < -0.3 is 15.8 Å². The molecule has 3 N–H and O–H groups in total. The van der Waals surface area contributed by atoms with Crippen molar-refractivity contribution in [1.29, 1.82) is 0 Å². The summed E-state index contributed by atoms with van der Waals surface area (Å²) in [5, 5.41) is 3.29. The Morgan fingerprint density at radius 3 is 2.82 bits per heavy atom. The van der Waals surface area contributed by atoms with Gasteiger partial charge in [-0.05, 0) is 24.1 Å². The van der Waals surface area contributed by atoms with Crippen molar-refractivity contribution < 1.29 is 9.53 Å². The summed E-state index contributed by atoms with van der Waals surface area (Å²) in [7, 11) is 0. The van der Waals surface area contributed by atoms with E-state index >= 15 is 0 Å². The van der Waals surface area contributed by atoms with Crippen LogP contribution >= 0.6 is 11.6 Å². The van der Waals surface area contributed by atoms with Crippen LogP contribution < -0.4 is 15.8 Å². The molecule has 0 atom stereocenters. The fraction of sp³-hybridized carbons (Fsp3) is 0.417. The van der Waals surface area contributed by atoms with E-state index in [2.05, 4.69) is 5.32 Å². The molecule has 94 valence electrons. The third kappa shape index (κ3) is 4.95. The molecular formula is C12H17ClN2O2. The van der Waals surface area contributed by atoms with Gasteiger partial charge in [0, 0.05) is 11.6 Å². The predicted molar refractivity (Wildman–Crippen MR) is 69.2 cm³/mol. The molecule has 4 nitrogen and oxygen atoms in total. The first-order valence-electron chi connectivity index (χ1n) is 5.43. The average molecular weight is 257 g/mol. The standard InChI is InChI=1S/C12H17ClN2O2/c1-8(2)6-15-12(16)7-17-11-4-3-9(13)5-10(11)14/h3-5,8H,6-7,14H2,1-2H3,(H,15,16). The van der Waals surface area contributed by atoms with Gasteiger partial charge in [0.1, 0.15) is 5.75 Å². The molecule has 0 aliphatic carbocycles. The van der Waals surface area contributed by atoms with Gasteiger partial charge >= 0.3 is 0 Å². The Labute approximate surface area is 106 Å². The number of ether oxygens (including phenoxy) is 1. The van der Waals surface area contributed by atoms with Crippen LogP contribution in [0, 0.1) is 5.92 Å². The summed E-state index contributed by atoms with van der Waals surface area (Å²) in [6, 6.07) is 4.90. The Morgan fingerprint density at radius 1 is 1.53 bits per heavy atom. The highest BCUT2D eigenvalue weighted by Crippen LogP contribution is 2.24. The molecule has 0 saturated heterocycles. The number of hydrogen-bond donors (Lipinski definition) is 2. The van der Waals surface area contributed by atoms with E-state index in [0.717, 1.165) is 0 Å². The van der Waals surface area contributed by atoms with E-state index in [0.29, 0.717) is 28.9 Å². The third-order valence-corrected chi connectivity index (χ3v) is 2.27. The van der Waals surface area contributed by atoms with E-state index < -0.39 is 0 Å². The van der Waals surface area contributed by atoms with Crippen LogP contribution in [0.2, 0.25) is 5.02 Å². The largest absolute Gasteiger partial charge is 0.482 e. The molecule has 0 bridgehead atoms. The summed E-state index contributed by atoms with van der Waals surface area (Å²) in [6.07, 6.45) is 0. The van der Waals surface area contributed by atoms with Crippen LogP contribution in [-0.4, -0.2) is 19.1 Å². The number of nitrogens with two attached hydrogens (primary N) is 1. The van der Waals surface area contributed by atoms with Crippen molar-refractivity contribution >= 4 is 23.2 Å². The Balaban J connectivity index is 2.42. The minimum absolute atomic E-state index is 0.0431. The van der Waals surface area contributed by atoms with Crippen molar-refractivity contribution in [2.24, 2.45) is 5.92 Å². The second-order valence-electron chi connectivity index (χ2n) is 4.17. The molecule has 5 heteroatoms. The minimum atomic E-state index is -0.159. The predicted octanol–water partition coefficient (Wildman–Crippen LogP) is 2.07. The highest BCUT2D eigenvalue weighted by atomic mass is 35.5. The van der Waals surface area contributed by atoms with Gasteiger partial charge in [-0.15, -0.1) is 0 Å². The quantitative estimate of drug-likeness (QED) is 0.793. The molecule has 0 heterocycles. The second kappa shape index (κ2) is 6.35. The van der Waals surface area contributed by atoms with Gasteiger partial charge in [0.2, 0.25) is 0 Å². The van der Waals surface area contributed by atoms with Gasteiger partial charge in [-0.2, -0.15) is 0 Å². The van der Waals surface area contributed by atoms with E-state index in [1.165, 1.54) is 0 Å². The molecule has 0 aliphatic rings. The van der Waals surface area contributed by atoms with Crippen LogP contribution in [0.15, 0.2) is 18.2 Å². The van der Waals surface area contributed by atoms with Crippen molar-refractivity contribution in [2.75, 3.05) is 18.9 Å². The van der Waals surface area contributed by atoms with Crippen molar-refractivity contribution in [3.63, 3.8) is 0 Å². The highest BCUT2D eigenvalue weighted by Gasteiger charge is 2.06. The lowest BCUT2D eigenvalue weighted by Crippen LogP contribution is -2.31. The zero-order valence-corrected chi connectivity index (χ0v) is 10.8. The molecule has 0 unspecified atom stereocenters. The maximum absolute atomic E-state index is 11.4. The summed E-state index contributed by atoms with van der Waals surface area (Å²) >= 11 is 5.75. The van der Waals surface area contributed by atoms with E-state index in [9.17, 15) is 4.79 Å². The average Bonchev–Trinajstić information content (AvgIpc) is 2.25. The summed E-state index contributed by atoms with van der Waals surface area (Å²) in [4.78, 5) is 11.4. The lowest BCUT2D eigenvalue weighted by atomic mass is 10.2. The zero-order valence-electron chi connectivity index (χ0n) is 10.00. The summed E-state index contributed by atoms with van der Waals surface area (Å²) < 4.78 is 5.29. The molecule has 0 radical (unpaired) electrons. The number of rotatable bonds is 5. The van der Waals surface area contributed by atoms with Crippen LogP contribution in [0.3, 0.4) is 0 Å². The van der Waals surface area contributed by atoms with Crippen LogP contribution in [0.25, 0.3) is 0 Å². The van der Waals surface area contributed by atoms with Crippen molar-refractivity contribution in [3.05, 3.63) is 23.2 Å². The first kappa shape index (κ1) is 13.6. The molecule has 0 aromatic heterocycles. The summed E-state index contributed by atoms with van der Waals surface area (Å²) in [5.41, 5.74) is 6.11. The molecular weight excluding hydrogens is 240 g/mol. The Morgan fingerprint density at radius 2 is 2.24 bits per heavy atom. The number of benzene rings is 1. The third-order valence-electron chi connectivity index (χ3n) is 2.04. The number of halogens is 1. The first-order chi connectivity index (χ1) is 7.99. The van der Waals surface area contributed by atoms with Gasteiger partial charge in [0.05, 0.1) is 5.69 Å². The molecule has 0 fully saturated rings. The number of nitrogens with one attached hydrogen (secondary N) is 1. The lowest BCUT2D eigenvalue weighted by Gasteiger charge is -2.10. The van der Waals surface area contributed by atoms with E-state index in [-0.39, 0.29) is 12.5 Å². The molecule has 0 aliphatic heterocycles. The molecule has 0 saturated carbocycles. The first-order valence-corrected chi connectivity index (χ1v) is 5.81. The molecule has 1 aromatic rings. The molecule has 17 heavy (non-hydrogen) atoms.